The van der Waals surface area contributed by atoms with Crippen molar-refractivity contribution in [3.05, 3.63) is 29.8 Å². The first-order valence-electron chi connectivity index (χ1n) is 7.01. The Balaban J connectivity index is 1.96. The van der Waals surface area contributed by atoms with Crippen LogP contribution in [0.4, 0.5) is 0 Å². The van der Waals surface area contributed by atoms with Crippen LogP contribution in [0, 0.1) is 0 Å². The van der Waals surface area contributed by atoms with Crippen molar-refractivity contribution in [3.8, 4) is 5.75 Å². The molecule has 0 radical (unpaired) electrons. The largest absolute Gasteiger partial charge is 0.490 e. The molecule has 2 rings (SSSR count). The number of ether oxygens (including phenoxy) is 1. The smallest absolute Gasteiger partial charge is 0.307 e. The second-order valence-electron chi connectivity index (χ2n) is 5.57. The number of aliphatic carboxylic acids is 1. The molecule has 1 aromatic rings. The van der Waals surface area contributed by atoms with E-state index in [4.69, 9.17) is 9.84 Å². The minimum atomic E-state index is -3.02. The van der Waals surface area contributed by atoms with Gasteiger partial charge in [0.1, 0.15) is 15.6 Å². The van der Waals surface area contributed by atoms with Gasteiger partial charge in [0.25, 0.3) is 0 Å². The van der Waals surface area contributed by atoms with Crippen LogP contribution in [0.15, 0.2) is 24.3 Å². The second kappa shape index (κ2) is 6.47. The Labute approximate surface area is 124 Å². The molecule has 116 valence electrons. The SMILES string of the molecule is CS(=O)(=O)C1CCCC(Oc2ccc(CC(=O)O)cc2)C1. The zero-order valence-electron chi connectivity index (χ0n) is 12.0. The monoisotopic (exact) mass is 312 g/mol. The van der Waals surface area contributed by atoms with Crippen molar-refractivity contribution in [1.82, 2.24) is 0 Å². The number of benzene rings is 1. The van der Waals surface area contributed by atoms with Crippen molar-refractivity contribution in [2.45, 2.75) is 43.5 Å². The van der Waals surface area contributed by atoms with E-state index in [-0.39, 0.29) is 17.8 Å². The molecule has 2 unspecified atom stereocenters. The normalized spacial score (nSPS) is 22.7. The minimum absolute atomic E-state index is 0.0140. The van der Waals surface area contributed by atoms with Crippen LogP contribution in [0.1, 0.15) is 31.2 Å². The number of sulfone groups is 1. The molecule has 1 saturated carbocycles. The van der Waals surface area contributed by atoms with Crippen LogP contribution < -0.4 is 4.74 Å². The maximum absolute atomic E-state index is 11.6. The first kappa shape index (κ1) is 15.8. The minimum Gasteiger partial charge on any atom is -0.490 e. The highest BCUT2D eigenvalue weighted by molar-refractivity contribution is 7.91. The number of rotatable bonds is 5. The Kier molecular flexibility index (Phi) is 4.88. The molecule has 21 heavy (non-hydrogen) atoms. The van der Waals surface area contributed by atoms with E-state index in [1.807, 2.05) is 0 Å². The average molecular weight is 312 g/mol. The van der Waals surface area contributed by atoms with Gasteiger partial charge in [-0.3, -0.25) is 4.79 Å². The lowest BCUT2D eigenvalue weighted by Gasteiger charge is -2.28. The summed E-state index contributed by atoms with van der Waals surface area (Å²) in [5, 5.41) is 8.40. The zero-order chi connectivity index (χ0) is 15.5. The van der Waals surface area contributed by atoms with Gasteiger partial charge in [-0.25, -0.2) is 8.42 Å². The van der Waals surface area contributed by atoms with E-state index in [9.17, 15) is 13.2 Å². The van der Waals surface area contributed by atoms with Gasteiger partial charge < -0.3 is 9.84 Å². The summed E-state index contributed by atoms with van der Waals surface area (Å²) in [4.78, 5) is 10.6. The van der Waals surface area contributed by atoms with E-state index in [0.717, 1.165) is 12.8 Å². The zero-order valence-corrected chi connectivity index (χ0v) is 12.8. The van der Waals surface area contributed by atoms with Gasteiger partial charge in [-0.2, -0.15) is 0 Å². The van der Waals surface area contributed by atoms with Crippen LogP contribution in [0.5, 0.6) is 5.75 Å². The molecule has 1 aliphatic rings. The Morgan fingerprint density at radius 2 is 1.95 bits per heavy atom. The van der Waals surface area contributed by atoms with Crippen LogP contribution in [0.25, 0.3) is 0 Å². The van der Waals surface area contributed by atoms with Crippen LogP contribution in [-0.4, -0.2) is 37.1 Å². The van der Waals surface area contributed by atoms with Gasteiger partial charge in [0, 0.05) is 12.7 Å². The van der Waals surface area contributed by atoms with E-state index >= 15 is 0 Å². The maximum Gasteiger partial charge on any atom is 0.307 e. The number of carboxylic acid groups (broad SMARTS) is 1. The summed E-state index contributed by atoms with van der Waals surface area (Å²) in [6.07, 6.45) is 4.10. The molecule has 6 heteroatoms. The Bertz CT molecular complexity index is 591. The van der Waals surface area contributed by atoms with Crippen molar-refractivity contribution in [2.75, 3.05) is 6.26 Å². The molecule has 0 aliphatic heterocycles. The van der Waals surface area contributed by atoms with Crippen LogP contribution in [-0.2, 0) is 21.1 Å². The number of carbonyl (C=O) groups is 1. The third kappa shape index (κ3) is 4.74. The first-order chi connectivity index (χ1) is 9.84. The summed E-state index contributed by atoms with van der Waals surface area (Å²) in [6, 6.07) is 6.92. The topological polar surface area (TPSA) is 80.7 Å². The lowest BCUT2D eigenvalue weighted by molar-refractivity contribution is -0.136. The molecule has 1 aliphatic carbocycles. The molecule has 0 spiro atoms. The van der Waals surface area contributed by atoms with Crippen LogP contribution in [0.3, 0.4) is 0 Å². The van der Waals surface area contributed by atoms with Gasteiger partial charge in [0.2, 0.25) is 0 Å². The molecule has 0 heterocycles. The van der Waals surface area contributed by atoms with Gasteiger partial charge >= 0.3 is 5.97 Å². The molecule has 2 atom stereocenters. The predicted octanol–water partition coefficient (Wildman–Crippen LogP) is 2.05. The Morgan fingerprint density at radius 1 is 1.29 bits per heavy atom. The van der Waals surface area contributed by atoms with Gasteiger partial charge in [-0.15, -0.1) is 0 Å². The van der Waals surface area contributed by atoms with E-state index < -0.39 is 15.8 Å². The summed E-state index contributed by atoms with van der Waals surface area (Å²) in [6.45, 7) is 0. The van der Waals surface area contributed by atoms with Crippen molar-refractivity contribution < 1.29 is 23.1 Å². The molecule has 1 aromatic carbocycles. The standard InChI is InChI=1S/C15H20O5S/c1-21(18,19)14-4-2-3-13(10-14)20-12-7-5-11(6-8-12)9-15(16)17/h5-8,13-14H,2-4,9-10H2,1H3,(H,16,17). The van der Waals surface area contributed by atoms with Crippen molar-refractivity contribution in [3.63, 3.8) is 0 Å². The highest BCUT2D eigenvalue weighted by Gasteiger charge is 2.29. The molecule has 0 aromatic heterocycles. The summed E-state index contributed by atoms with van der Waals surface area (Å²) in [5.74, 6) is -0.213. The molecule has 0 amide bonds. The molecule has 1 fully saturated rings. The fourth-order valence-corrected chi connectivity index (χ4v) is 3.81. The molecule has 5 nitrogen and oxygen atoms in total. The maximum atomic E-state index is 11.6. The van der Waals surface area contributed by atoms with Crippen LogP contribution in [0.2, 0.25) is 0 Å². The van der Waals surface area contributed by atoms with Gasteiger partial charge in [-0.05, 0) is 37.0 Å². The number of carboxylic acids is 1. The number of hydrogen-bond donors (Lipinski definition) is 1. The third-order valence-corrected chi connectivity index (χ3v) is 5.40. The van der Waals surface area contributed by atoms with Gasteiger partial charge in [0.05, 0.1) is 17.8 Å². The lowest BCUT2D eigenvalue weighted by atomic mass is 9.97. The Hall–Kier alpha value is -1.56. The molecule has 1 N–H and O–H groups in total. The molecule has 0 bridgehead atoms. The van der Waals surface area contributed by atoms with Crippen molar-refractivity contribution in [2.24, 2.45) is 0 Å². The molecule has 0 saturated heterocycles. The summed E-state index contributed by atoms with van der Waals surface area (Å²) >= 11 is 0. The van der Waals surface area contributed by atoms with Crippen LogP contribution >= 0.6 is 0 Å². The quantitative estimate of drug-likeness (QED) is 0.900. The lowest BCUT2D eigenvalue weighted by Crippen LogP contribution is -2.33. The predicted molar refractivity (Wildman–Crippen MR) is 79.3 cm³/mol. The third-order valence-electron chi connectivity index (χ3n) is 3.76. The highest BCUT2D eigenvalue weighted by Crippen LogP contribution is 2.27. The first-order valence-corrected chi connectivity index (χ1v) is 8.96. The summed E-state index contributed by atoms with van der Waals surface area (Å²) in [7, 11) is -3.02. The van der Waals surface area contributed by atoms with Crippen molar-refractivity contribution in [1.29, 1.82) is 0 Å². The average Bonchev–Trinajstić information content (AvgIpc) is 2.40. The van der Waals surface area contributed by atoms with Crippen molar-refractivity contribution >= 4 is 15.8 Å². The van der Waals surface area contributed by atoms with Gasteiger partial charge in [0.15, 0.2) is 0 Å². The van der Waals surface area contributed by atoms with E-state index in [2.05, 4.69) is 0 Å². The summed E-state index contributed by atoms with van der Waals surface area (Å²) in [5.41, 5.74) is 0.715. The fourth-order valence-electron chi connectivity index (χ4n) is 2.65. The van der Waals surface area contributed by atoms with E-state index in [1.54, 1.807) is 24.3 Å². The summed E-state index contributed by atoms with van der Waals surface area (Å²) < 4.78 is 29.1. The second-order valence-corrected chi connectivity index (χ2v) is 7.90. The molecular formula is C15H20O5S. The van der Waals surface area contributed by atoms with E-state index in [1.165, 1.54) is 6.26 Å². The molecular weight excluding hydrogens is 292 g/mol. The fraction of sp³-hybridized carbons (Fsp3) is 0.533. The van der Waals surface area contributed by atoms with Gasteiger partial charge in [-0.1, -0.05) is 12.1 Å². The van der Waals surface area contributed by atoms with E-state index in [0.29, 0.717) is 24.2 Å². The highest BCUT2D eigenvalue weighted by atomic mass is 32.2. The number of hydrogen-bond acceptors (Lipinski definition) is 4. The Morgan fingerprint density at radius 3 is 2.52 bits per heavy atom.